The van der Waals surface area contributed by atoms with Crippen LogP contribution in [-0.4, -0.2) is 24.1 Å². The Morgan fingerprint density at radius 3 is 2.60 bits per heavy atom. The minimum absolute atomic E-state index is 0.795. The molecule has 1 heterocycles. The molecule has 2 aromatic rings. The molecule has 0 aliphatic carbocycles. The average Bonchev–Trinajstić information content (AvgIpc) is 2.41. The summed E-state index contributed by atoms with van der Waals surface area (Å²) in [5.74, 6) is 1.85. The van der Waals surface area contributed by atoms with E-state index < -0.39 is 0 Å². The maximum Gasteiger partial charge on any atom is 0.150 e. The maximum absolute atomic E-state index is 5.29. The quantitative estimate of drug-likeness (QED) is 0.856. The molecule has 0 aliphatic rings. The number of rotatable bonds is 4. The molecule has 0 atom stereocenters. The monoisotopic (exact) mass is 271 g/mol. The third kappa shape index (κ3) is 3.07. The summed E-state index contributed by atoms with van der Waals surface area (Å²) < 4.78 is 5.29. The fourth-order valence-electron chi connectivity index (χ4n) is 2.27. The van der Waals surface area contributed by atoms with E-state index in [1.54, 1.807) is 13.3 Å². The number of hydrogen-bond acceptors (Lipinski definition) is 4. The van der Waals surface area contributed by atoms with Gasteiger partial charge in [0.2, 0.25) is 0 Å². The summed E-state index contributed by atoms with van der Waals surface area (Å²) in [4.78, 5) is 11.0. The van der Waals surface area contributed by atoms with Crippen LogP contribution in [0.5, 0.6) is 5.75 Å². The first-order valence-corrected chi connectivity index (χ1v) is 6.66. The van der Waals surface area contributed by atoms with Crippen molar-refractivity contribution in [1.29, 1.82) is 0 Å². The summed E-state index contributed by atoms with van der Waals surface area (Å²) >= 11 is 0. The van der Waals surface area contributed by atoms with E-state index in [4.69, 9.17) is 4.74 Å². The van der Waals surface area contributed by atoms with Crippen molar-refractivity contribution in [3.8, 4) is 5.75 Å². The van der Waals surface area contributed by atoms with Crippen molar-refractivity contribution in [2.45, 2.75) is 27.3 Å². The van der Waals surface area contributed by atoms with Gasteiger partial charge in [0, 0.05) is 19.8 Å². The van der Waals surface area contributed by atoms with Crippen molar-refractivity contribution in [2.75, 3.05) is 19.1 Å². The highest BCUT2D eigenvalue weighted by molar-refractivity contribution is 5.44. The molecule has 2 rings (SSSR count). The Morgan fingerprint density at radius 1 is 1.20 bits per heavy atom. The molecular weight excluding hydrogens is 250 g/mol. The second kappa shape index (κ2) is 5.90. The SMILES string of the molecule is COc1ccc(CN(C)c2nc(C)cnc2C)cc1C. The van der Waals surface area contributed by atoms with Crippen LogP contribution in [0.3, 0.4) is 0 Å². The Morgan fingerprint density at radius 2 is 1.95 bits per heavy atom. The number of anilines is 1. The van der Waals surface area contributed by atoms with Gasteiger partial charge in [0.05, 0.1) is 18.5 Å². The second-order valence-electron chi connectivity index (χ2n) is 5.08. The van der Waals surface area contributed by atoms with Crippen molar-refractivity contribution in [2.24, 2.45) is 0 Å². The normalized spacial score (nSPS) is 10.4. The molecule has 4 nitrogen and oxygen atoms in total. The molecule has 20 heavy (non-hydrogen) atoms. The first-order chi connectivity index (χ1) is 9.51. The number of nitrogens with zero attached hydrogens (tertiary/aromatic N) is 3. The molecule has 0 bridgehead atoms. The van der Waals surface area contributed by atoms with E-state index in [1.165, 1.54) is 5.56 Å². The molecule has 0 saturated heterocycles. The molecule has 0 fully saturated rings. The molecular formula is C16H21N3O. The van der Waals surface area contributed by atoms with Gasteiger partial charge in [-0.2, -0.15) is 0 Å². The lowest BCUT2D eigenvalue weighted by molar-refractivity contribution is 0.411. The van der Waals surface area contributed by atoms with E-state index in [0.29, 0.717) is 0 Å². The van der Waals surface area contributed by atoms with Crippen LogP contribution >= 0.6 is 0 Å². The molecule has 106 valence electrons. The molecule has 1 aromatic heterocycles. The highest BCUT2D eigenvalue weighted by atomic mass is 16.5. The van der Waals surface area contributed by atoms with Gasteiger partial charge in [-0.05, 0) is 38.0 Å². The van der Waals surface area contributed by atoms with Crippen molar-refractivity contribution in [1.82, 2.24) is 9.97 Å². The van der Waals surface area contributed by atoms with Gasteiger partial charge in [-0.15, -0.1) is 0 Å². The summed E-state index contributed by atoms with van der Waals surface area (Å²) in [5.41, 5.74) is 4.26. The van der Waals surface area contributed by atoms with E-state index in [1.807, 2.05) is 27.0 Å². The molecule has 1 aromatic carbocycles. The van der Waals surface area contributed by atoms with Crippen LogP contribution in [0.25, 0.3) is 0 Å². The van der Waals surface area contributed by atoms with Gasteiger partial charge in [0.15, 0.2) is 0 Å². The summed E-state index contributed by atoms with van der Waals surface area (Å²) in [5, 5.41) is 0. The van der Waals surface area contributed by atoms with Gasteiger partial charge >= 0.3 is 0 Å². The molecule has 0 aliphatic heterocycles. The minimum atomic E-state index is 0.795. The lowest BCUT2D eigenvalue weighted by Gasteiger charge is -2.20. The van der Waals surface area contributed by atoms with Gasteiger partial charge in [0.25, 0.3) is 0 Å². The van der Waals surface area contributed by atoms with E-state index >= 15 is 0 Å². The standard InChI is InChI=1S/C16H21N3O/c1-11-8-14(6-7-15(11)20-5)10-19(4)16-13(3)17-9-12(2)18-16/h6-9H,10H2,1-5H3. The van der Waals surface area contributed by atoms with Gasteiger partial charge in [-0.3, -0.25) is 4.98 Å². The Labute approximate surface area is 120 Å². The molecule has 0 radical (unpaired) electrons. The molecule has 0 unspecified atom stereocenters. The van der Waals surface area contributed by atoms with Gasteiger partial charge < -0.3 is 9.64 Å². The van der Waals surface area contributed by atoms with Crippen LogP contribution in [0, 0.1) is 20.8 Å². The van der Waals surface area contributed by atoms with Crippen molar-refractivity contribution in [3.63, 3.8) is 0 Å². The molecule has 0 spiro atoms. The topological polar surface area (TPSA) is 38.2 Å². The Balaban J connectivity index is 2.21. The number of aromatic nitrogens is 2. The van der Waals surface area contributed by atoms with E-state index in [2.05, 4.69) is 33.9 Å². The lowest BCUT2D eigenvalue weighted by Crippen LogP contribution is -2.19. The Hall–Kier alpha value is -2.10. The lowest BCUT2D eigenvalue weighted by atomic mass is 10.1. The highest BCUT2D eigenvalue weighted by Crippen LogP contribution is 2.21. The Bertz CT molecular complexity index is 611. The number of ether oxygens (including phenoxy) is 1. The summed E-state index contributed by atoms with van der Waals surface area (Å²) in [6.45, 7) is 6.79. The van der Waals surface area contributed by atoms with E-state index in [-0.39, 0.29) is 0 Å². The van der Waals surface area contributed by atoms with Crippen LogP contribution in [0.4, 0.5) is 5.82 Å². The van der Waals surface area contributed by atoms with Crippen molar-refractivity contribution >= 4 is 5.82 Å². The zero-order valence-corrected chi connectivity index (χ0v) is 12.8. The largest absolute Gasteiger partial charge is 0.496 e. The Kier molecular flexibility index (Phi) is 4.23. The summed E-state index contributed by atoms with van der Waals surface area (Å²) in [6.07, 6.45) is 1.80. The summed E-state index contributed by atoms with van der Waals surface area (Å²) in [6, 6.07) is 6.24. The fourth-order valence-corrected chi connectivity index (χ4v) is 2.27. The first kappa shape index (κ1) is 14.3. The van der Waals surface area contributed by atoms with Gasteiger partial charge in [-0.1, -0.05) is 12.1 Å². The van der Waals surface area contributed by atoms with Crippen LogP contribution in [-0.2, 0) is 6.54 Å². The van der Waals surface area contributed by atoms with Gasteiger partial charge in [0.1, 0.15) is 11.6 Å². The maximum atomic E-state index is 5.29. The van der Waals surface area contributed by atoms with Gasteiger partial charge in [-0.25, -0.2) is 4.98 Å². The number of aryl methyl sites for hydroxylation is 3. The first-order valence-electron chi connectivity index (χ1n) is 6.66. The van der Waals surface area contributed by atoms with Crippen LogP contribution in [0.2, 0.25) is 0 Å². The zero-order chi connectivity index (χ0) is 14.7. The van der Waals surface area contributed by atoms with Crippen LogP contribution < -0.4 is 9.64 Å². The smallest absolute Gasteiger partial charge is 0.150 e. The molecule has 0 saturated carbocycles. The van der Waals surface area contributed by atoms with E-state index in [0.717, 1.165) is 35.1 Å². The fraction of sp³-hybridized carbons (Fsp3) is 0.375. The number of hydrogen-bond donors (Lipinski definition) is 0. The zero-order valence-electron chi connectivity index (χ0n) is 12.8. The van der Waals surface area contributed by atoms with Crippen LogP contribution in [0.15, 0.2) is 24.4 Å². The van der Waals surface area contributed by atoms with Crippen molar-refractivity contribution in [3.05, 3.63) is 46.9 Å². The van der Waals surface area contributed by atoms with Crippen molar-refractivity contribution < 1.29 is 4.74 Å². The minimum Gasteiger partial charge on any atom is -0.496 e. The predicted octanol–water partition coefficient (Wildman–Crippen LogP) is 3.05. The second-order valence-corrected chi connectivity index (χ2v) is 5.08. The summed E-state index contributed by atoms with van der Waals surface area (Å²) in [7, 11) is 3.73. The average molecular weight is 271 g/mol. The third-order valence-electron chi connectivity index (χ3n) is 3.29. The molecule has 0 amide bonds. The number of benzene rings is 1. The third-order valence-corrected chi connectivity index (χ3v) is 3.29. The number of methoxy groups -OCH3 is 1. The molecule has 4 heteroatoms. The van der Waals surface area contributed by atoms with E-state index in [9.17, 15) is 0 Å². The predicted molar refractivity (Wildman–Crippen MR) is 81.3 cm³/mol. The van der Waals surface area contributed by atoms with Crippen LogP contribution in [0.1, 0.15) is 22.5 Å². The highest BCUT2D eigenvalue weighted by Gasteiger charge is 2.09. The molecule has 0 N–H and O–H groups in total.